The van der Waals surface area contributed by atoms with Crippen molar-refractivity contribution in [1.29, 1.82) is 0 Å². The van der Waals surface area contributed by atoms with Gasteiger partial charge in [-0.15, -0.1) is 0 Å². The SMILES string of the molecule is CC(C)(C)OCC1(N)CCC1. The second kappa shape index (κ2) is 2.76. The van der Waals surface area contributed by atoms with Crippen LogP contribution in [0.25, 0.3) is 0 Å². The molecule has 0 atom stereocenters. The summed E-state index contributed by atoms with van der Waals surface area (Å²) in [4.78, 5) is 0. The minimum absolute atomic E-state index is 0.00722. The van der Waals surface area contributed by atoms with Crippen LogP contribution in [0.3, 0.4) is 0 Å². The Morgan fingerprint density at radius 2 is 1.91 bits per heavy atom. The smallest absolute Gasteiger partial charge is 0.0653 e. The van der Waals surface area contributed by atoms with E-state index >= 15 is 0 Å². The molecule has 1 aliphatic carbocycles. The van der Waals surface area contributed by atoms with E-state index in [9.17, 15) is 0 Å². The molecule has 1 saturated carbocycles. The van der Waals surface area contributed by atoms with Crippen molar-refractivity contribution < 1.29 is 4.74 Å². The molecule has 1 fully saturated rings. The number of nitrogens with two attached hydrogens (primary N) is 1. The fourth-order valence-corrected chi connectivity index (χ4v) is 1.14. The second-order valence-corrected chi connectivity index (χ2v) is 4.62. The molecular formula is C9H19NO. The minimum atomic E-state index is -0.0397. The van der Waals surface area contributed by atoms with Gasteiger partial charge in [0, 0.05) is 5.54 Å². The molecule has 2 N–H and O–H groups in total. The Hall–Kier alpha value is -0.0800. The predicted octanol–water partition coefficient (Wildman–Crippen LogP) is 1.68. The molecule has 0 spiro atoms. The Balaban J connectivity index is 2.21. The fourth-order valence-electron chi connectivity index (χ4n) is 1.14. The molecule has 0 saturated heterocycles. The first-order valence-electron chi connectivity index (χ1n) is 4.34. The first-order valence-corrected chi connectivity index (χ1v) is 4.34. The molecule has 0 amide bonds. The standard InChI is InChI=1S/C9H19NO/c1-8(2,3)11-7-9(10)5-4-6-9/h4-7,10H2,1-3H3. The Kier molecular flexibility index (Phi) is 2.26. The van der Waals surface area contributed by atoms with Gasteiger partial charge in [0.1, 0.15) is 0 Å². The van der Waals surface area contributed by atoms with E-state index in [0.29, 0.717) is 0 Å². The van der Waals surface area contributed by atoms with Crippen LogP contribution < -0.4 is 5.73 Å². The highest BCUT2D eigenvalue weighted by Gasteiger charge is 2.33. The van der Waals surface area contributed by atoms with E-state index < -0.39 is 0 Å². The van der Waals surface area contributed by atoms with Crippen LogP contribution in [0.5, 0.6) is 0 Å². The Morgan fingerprint density at radius 1 is 1.36 bits per heavy atom. The highest BCUT2D eigenvalue weighted by Crippen LogP contribution is 2.30. The van der Waals surface area contributed by atoms with E-state index in [1.165, 1.54) is 6.42 Å². The number of hydrogen-bond acceptors (Lipinski definition) is 2. The van der Waals surface area contributed by atoms with Gasteiger partial charge >= 0.3 is 0 Å². The maximum absolute atomic E-state index is 5.98. The van der Waals surface area contributed by atoms with Gasteiger partial charge in [0.15, 0.2) is 0 Å². The van der Waals surface area contributed by atoms with Crippen LogP contribution in [-0.4, -0.2) is 17.7 Å². The summed E-state index contributed by atoms with van der Waals surface area (Å²) in [6, 6.07) is 0. The maximum Gasteiger partial charge on any atom is 0.0653 e. The van der Waals surface area contributed by atoms with Gasteiger partial charge in [0.25, 0.3) is 0 Å². The predicted molar refractivity (Wildman–Crippen MR) is 46.5 cm³/mol. The first-order chi connectivity index (χ1) is 4.91. The van der Waals surface area contributed by atoms with E-state index in [-0.39, 0.29) is 11.1 Å². The zero-order valence-electron chi connectivity index (χ0n) is 7.81. The molecule has 0 aromatic rings. The summed E-state index contributed by atoms with van der Waals surface area (Å²) in [5.74, 6) is 0. The van der Waals surface area contributed by atoms with Crippen LogP contribution in [0, 0.1) is 0 Å². The summed E-state index contributed by atoms with van der Waals surface area (Å²) in [6.45, 7) is 6.91. The van der Waals surface area contributed by atoms with Crippen molar-refractivity contribution in [3.05, 3.63) is 0 Å². The van der Waals surface area contributed by atoms with E-state index in [0.717, 1.165) is 19.4 Å². The Morgan fingerprint density at radius 3 is 2.18 bits per heavy atom. The topological polar surface area (TPSA) is 35.2 Å². The molecule has 0 aromatic heterocycles. The lowest BCUT2D eigenvalue weighted by Crippen LogP contribution is -2.51. The van der Waals surface area contributed by atoms with Gasteiger partial charge in [0.05, 0.1) is 12.2 Å². The average molecular weight is 157 g/mol. The van der Waals surface area contributed by atoms with Gasteiger partial charge in [-0.05, 0) is 40.0 Å². The molecule has 2 heteroatoms. The lowest BCUT2D eigenvalue weighted by molar-refractivity contribution is -0.0453. The largest absolute Gasteiger partial charge is 0.374 e. The van der Waals surface area contributed by atoms with Crippen molar-refractivity contribution in [3.63, 3.8) is 0 Å². The third-order valence-corrected chi connectivity index (χ3v) is 2.14. The summed E-state index contributed by atoms with van der Waals surface area (Å²) in [6.07, 6.45) is 3.52. The zero-order valence-corrected chi connectivity index (χ0v) is 7.81. The first kappa shape index (κ1) is 9.01. The summed E-state index contributed by atoms with van der Waals surface area (Å²) in [7, 11) is 0. The normalized spacial score (nSPS) is 22.9. The minimum Gasteiger partial charge on any atom is -0.374 e. The summed E-state index contributed by atoms with van der Waals surface area (Å²) < 4.78 is 5.61. The van der Waals surface area contributed by atoms with Gasteiger partial charge in [-0.25, -0.2) is 0 Å². The highest BCUT2D eigenvalue weighted by atomic mass is 16.5. The molecule has 11 heavy (non-hydrogen) atoms. The maximum atomic E-state index is 5.98. The molecule has 0 bridgehead atoms. The Bertz CT molecular complexity index is 133. The molecule has 1 rings (SSSR count). The summed E-state index contributed by atoms with van der Waals surface area (Å²) in [5.41, 5.74) is 5.95. The quantitative estimate of drug-likeness (QED) is 0.662. The van der Waals surface area contributed by atoms with E-state index in [1.54, 1.807) is 0 Å². The molecule has 66 valence electrons. The van der Waals surface area contributed by atoms with Crippen molar-refractivity contribution in [1.82, 2.24) is 0 Å². The molecule has 1 aliphatic rings. The molecule has 2 nitrogen and oxygen atoms in total. The second-order valence-electron chi connectivity index (χ2n) is 4.62. The van der Waals surface area contributed by atoms with E-state index in [4.69, 9.17) is 10.5 Å². The number of hydrogen-bond donors (Lipinski definition) is 1. The van der Waals surface area contributed by atoms with Crippen LogP contribution in [0.15, 0.2) is 0 Å². The van der Waals surface area contributed by atoms with Crippen molar-refractivity contribution in [2.24, 2.45) is 5.73 Å². The van der Waals surface area contributed by atoms with Crippen LogP contribution in [0.4, 0.5) is 0 Å². The molecule has 0 aromatic carbocycles. The van der Waals surface area contributed by atoms with E-state index in [2.05, 4.69) is 20.8 Å². The van der Waals surface area contributed by atoms with Crippen LogP contribution in [0.1, 0.15) is 40.0 Å². The van der Waals surface area contributed by atoms with Gasteiger partial charge < -0.3 is 10.5 Å². The molecule has 0 unspecified atom stereocenters. The van der Waals surface area contributed by atoms with Crippen molar-refractivity contribution >= 4 is 0 Å². The lowest BCUT2D eigenvalue weighted by atomic mass is 9.78. The fraction of sp³-hybridized carbons (Fsp3) is 1.00. The van der Waals surface area contributed by atoms with E-state index in [1.807, 2.05) is 0 Å². The Labute approximate surface area is 69.1 Å². The van der Waals surface area contributed by atoms with Crippen molar-refractivity contribution in [2.75, 3.05) is 6.61 Å². The molecular weight excluding hydrogens is 138 g/mol. The zero-order chi connectivity index (χ0) is 8.54. The third-order valence-electron chi connectivity index (χ3n) is 2.14. The van der Waals surface area contributed by atoms with Gasteiger partial charge in [-0.2, -0.15) is 0 Å². The monoisotopic (exact) mass is 157 g/mol. The lowest BCUT2D eigenvalue weighted by Gasteiger charge is -2.39. The number of rotatable bonds is 2. The molecule has 0 aliphatic heterocycles. The summed E-state index contributed by atoms with van der Waals surface area (Å²) >= 11 is 0. The third kappa shape index (κ3) is 2.80. The average Bonchev–Trinajstić information content (AvgIpc) is 1.77. The van der Waals surface area contributed by atoms with Crippen molar-refractivity contribution in [3.8, 4) is 0 Å². The summed E-state index contributed by atoms with van der Waals surface area (Å²) in [5, 5.41) is 0. The van der Waals surface area contributed by atoms with Gasteiger partial charge in [0.2, 0.25) is 0 Å². The highest BCUT2D eigenvalue weighted by molar-refractivity contribution is 4.92. The van der Waals surface area contributed by atoms with Crippen LogP contribution in [-0.2, 0) is 4.74 Å². The molecule has 0 radical (unpaired) electrons. The van der Waals surface area contributed by atoms with Crippen molar-refractivity contribution in [2.45, 2.75) is 51.2 Å². The molecule has 0 heterocycles. The van der Waals surface area contributed by atoms with Crippen LogP contribution in [0.2, 0.25) is 0 Å². The van der Waals surface area contributed by atoms with Gasteiger partial charge in [-0.1, -0.05) is 0 Å². The number of ether oxygens (including phenoxy) is 1. The van der Waals surface area contributed by atoms with Gasteiger partial charge in [-0.3, -0.25) is 0 Å². The van der Waals surface area contributed by atoms with Crippen LogP contribution >= 0.6 is 0 Å².